The summed E-state index contributed by atoms with van der Waals surface area (Å²) < 4.78 is 5.28. The SMILES string of the molecule is C[C@]12CCCC(=O)[C@@H]1CC/C(=C/c1ccco1)C2=O. The average Bonchev–Trinajstić information content (AvgIpc) is 2.87. The number of fused-ring (bicyclic) bond motifs is 1. The van der Waals surface area contributed by atoms with Crippen LogP contribution in [0.25, 0.3) is 6.08 Å². The minimum atomic E-state index is -0.480. The van der Waals surface area contributed by atoms with Crippen LogP contribution >= 0.6 is 0 Å². The summed E-state index contributed by atoms with van der Waals surface area (Å²) >= 11 is 0. The van der Waals surface area contributed by atoms with Gasteiger partial charge >= 0.3 is 0 Å². The van der Waals surface area contributed by atoms with Gasteiger partial charge in [0.25, 0.3) is 0 Å². The number of furan rings is 1. The fourth-order valence-corrected chi connectivity index (χ4v) is 3.55. The third-order valence-corrected chi connectivity index (χ3v) is 4.65. The van der Waals surface area contributed by atoms with E-state index in [0.717, 1.165) is 24.8 Å². The largest absolute Gasteiger partial charge is 0.465 e. The zero-order valence-electron chi connectivity index (χ0n) is 11.1. The lowest BCUT2D eigenvalue weighted by Crippen LogP contribution is -2.46. The molecule has 2 fully saturated rings. The third-order valence-electron chi connectivity index (χ3n) is 4.65. The summed E-state index contributed by atoms with van der Waals surface area (Å²) in [6.45, 7) is 1.96. The van der Waals surface area contributed by atoms with Gasteiger partial charge in [-0.15, -0.1) is 0 Å². The van der Waals surface area contributed by atoms with Crippen LogP contribution < -0.4 is 0 Å². The van der Waals surface area contributed by atoms with Crippen LogP contribution in [0.2, 0.25) is 0 Å². The molecule has 1 aromatic heterocycles. The molecule has 3 heteroatoms. The van der Waals surface area contributed by atoms with Crippen LogP contribution in [-0.2, 0) is 9.59 Å². The van der Waals surface area contributed by atoms with Gasteiger partial charge in [0.05, 0.1) is 6.26 Å². The highest BCUT2D eigenvalue weighted by molar-refractivity contribution is 6.07. The first kappa shape index (κ1) is 12.4. The van der Waals surface area contributed by atoms with Gasteiger partial charge < -0.3 is 4.42 Å². The summed E-state index contributed by atoms with van der Waals surface area (Å²) in [5.41, 5.74) is 0.329. The molecule has 3 nitrogen and oxygen atoms in total. The van der Waals surface area contributed by atoms with Crippen molar-refractivity contribution in [1.29, 1.82) is 0 Å². The van der Waals surface area contributed by atoms with E-state index in [0.29, 0.717) is 18.6 Å². The lowest BCUT2D eigenvalue weighted by molar-refractivity contribution is -0.142. The van der Waals surface area contributed by atoms with E-state index in [9.17, 15) is 9.59 Å². The molecule has 0 aliphatic heterocycles. The Kier molecular flexibility index (Phi) is 2.92. The van der Waals surface area contributed by atoms with Crippen molar-refractivity contribution in [2.75, 3.05) is 0 Å². The summed E-state index contributed by atoms with van der Waals surface area (Å²) in [5, 5.41) is 0. The maximum atomic E-state index is 12.7. The normalized spacial score (nSPS) is 33.5. The Hall–Kier alpha value is -1.64. The lowest BCUT2D eigenvalue weighted by Gasteiger charge is -2.43. The van der Waals surface area contributed by atoms with E-state index < -0.39 is 5.41 Å². The van der Waals surface area contributed by atoms with Gasteiger partial charge in [-0.05, 0) is 49.5 Å². The van der Waals surface area contributed by atoms with Crippen molar-refractivity contribution in [3.05, 3.63) is 29.7 Å². The van der Waals surface area contributed by atoms with Crippen molar-refractivity contribution < 1.29 is 14.0 Å². The molecule has 2 atom stereocenters. The minimum absolute atomic E-state index is 0.0671. The molecule has 0 unspecified atom stereocenters. The number of hydrogen-bond acceptors (Lipinski definition) is 3. The summed E-state index contributed by atoms with van der Waals surface area (Å²) in [4.78, 5) is 24.7. The van der Waals surface area contributed by atoms with E-state index >= 15 is 0 Å². The van der Waals surface area contributed by atoms with Gasteiger partial charge in [-0.1, -0.05) is 6.92 Å². The van der Waals surface area contributed by atoms with E-state index in [4.69, 9.17) is 4.42 Å². The summed E-state index contributed by atoms with van der Waals surface area (Å²) in [6.07, 6.45) is 7.24. The first-order valence-electron chi connectivity index (χ1n) is 6.93. The lowest BCUT2D eigenvalue weighted by atomic mass is 9.58. The van der Waals surface area contributed by atoms with Crippen molar-refractivity contribution in [2.24, 2.45) is 11.3 Å². The molecule has 0 spiro atoms. The smallest absolute Gasteiger partial charge is 0.165 e. The predicted octanol–water partition coefficient (Wildman–Crippen LogP) is 3.40. The molecule has 0 radical (unpaired) electrons. The van der Waals surface area contributed by atoms with E-state index in [1.165, 1.54) is 0 Å². The van der Waals surface area contributed by atoms with Crippen molar-refractivity contribution in [3.63, 3.8) is 0 Å². The van der Waals surface area contributed by atoms with Gasteiger partial charge in [0.2, 0.25) is 0 Å². The first-order valence-corrected chi connectivity index (χ1v) is 6.93. The topological polar surface area (TPSA) is 47.3 Å². The number of rotatable bonds is 1. The van der Waals surface area contributed by atoms with E-state index in [-0.39, 0.29) is 17.5 Å². The Balaban J connectivity index is 1.93. The van der Waals surface area contributed by atoms with Gasteiger partial charge in [0.1, 0.15) is 11.5 Å². The van der Waals surface area contributed by atoms with Crippen LogP contribution in [0.5, 0.6) is 0 Å². The molecule has 1 heterocycles. The zero-order valence-corrected chi connectivity index (χ0v) is 11.1. The maximum Gasteiger partial charge on any atom is 0.165 e. The number of Topliss-reactive ketones (excluding diaryl/α,β-unsaturated/α-hetero) is 2. The molecule has 0 bridgehead atoms. The predicted molar refractivity (Wildman–Crippen MR) is 71.4 cm³/mol. The van der Waals surface area contributed by atoms with Crippen LogP contribution in [-0.4, -0.2) is 11.6 Å². The summed E-state index contributed by atoms with van der Waals surface area (Å²) in [6, 6.07) is 3.66. The second kappa shape index (κ2) is 4.48. The van der Waals surface area contributed by atoms with Gasteiger partial charge in [0, 0.05) is 17.8 Å². The third kappa shape index (κ3) is 1.97. The second-order valence-corrected chi connectivity index (χ2v) is 5.84. The van der Waals surface area contributed by atoms with Crippen molar-refractivity contribution in [1.82, 2.24) is 0 Å². The fourth-order valence-electron chi connectivity index (χ4n) is 3.55. The van der Waals surface area contributed by atoms with E-state index in [2.05, 4.69) is 0 Å². The monoisotopic (exact) mass is 258 g/mol. The highest BCUT2D eigenvalue weighted by Crippen LogP contribution is 2.48. The van der Waals surface area contributed by atoms with Gasteiger partial charge in [-0.2, -0.15) is 0 Å². The maximum absolute atomic E-state index is 12.7. The second-order valence-electron chi connectivity index (χ2n) is 5.84. The Bertz CT molecular complexity index is 538. The van der Waals surface area contributed by atoms with E-state index in [1.54, 1.807) is 6.26 Å². The van der Waals surface area contributed by atoms with Gasteiger partial charge in [-0.3, -0.25) is 9.59 Å². The quantitative estimate of drug-likeness (QED) is 0.725. The van der Waals surface area contributed by atoms with Crippen molar-refractivity contribution in [2.45, 2.75) is 39.0 Å². The van der Waals surface area contributed by atoms with E-state index in [1.807, 2.05) is 25.1 Å². The molecular formula is C16H18O3. The Morgan fingerprint density at radius 2 is 2.21 bits per heavy atom. The van der Waals surface area contributed by atoms with Crippen LogP contribution in [0.15, 0.2) is 28.4 Å². The molecule has 0 N–H and O–H groups in total. The fraction of sp³-hybridized carbons (Fsp3) is 0.500. The van der Waals surface area contributed by atoms with Crippen molar-refractivity contribution >= 4 is 17.6 Å². The van der Waals surface area contributed by atoms with Crippen LogP contribution in [0.1, 0.15) is 44.8 Å². The molecule has 3 rings (SSSR count). The number of allylic oxidation sites excluding steroid dienone is 1. The molecule has 2 aliphatic carbocycles. The Morgan fingerprint density at radius 1 is 1.37 bits per heavy atom. The number of carbonyl (C=O) groups is 2. The summed E-state index contributed by atoms with van der Waals surface area (Å²) in [7, 11) is 0. The molecule has 0 saturated heterocycles. The molecule has 2 saturated carbocycles. The van der Waals surface area contributed by atoms with Crippen LogP contribution in [0.4, 0.5) is 0 Å². The molecule has 0 aromatic carbocycles. The first-order chi connectivity index (χ1) is 9.11. The Morgan fingerprint density at radius 3 is 2.95 bits per heavy atom. The van der Waals surface area contributed by atoms with Crippen LogP contribution in [0.3, 0.4) is 0 Å². The average molecular weight is 258 g/mol. The zero-order chi connectivity index (χ0) is 13.5. The van der Waals surface area contributed by atoms with Gasteiger partial charge in [0.15, 0.2) is 5.78 Å². The molecule has 100 valence electrons. The number of carbonyl (C=O) groups excluding carboxylic acids is 2. The number of hydrogen-bond donors (Lipinski definition) is 0. The Labute approximate surface area is 112 Å². The van der Waals surface area contributed by atoms with Crippen LogP contribution in [0, 0.1) is 11.3 Å². The minimum Gasteiger partial charge on any atom is -0.465 e. The highest BCUT2D eigenvalue weighted by atomic mass is 16.3. The molecule has 0 amide bonds. The van der Waals surface area contributed by atoms with Gasteiger partial charge in [-0.25, -0.2) is 0 Å². The molecular weight excluding hydrogens is 240 g/mol. The highest BCUT2D eigenvalue weighted by Gasteiger charge is 2.50. The molecule has 1 aromatic rings. The standard InChI is InChI=1S/C16H18O3/c1-16-8-2-5-14(17)13(16)7-6-11(15(16)18)10-12-4-3-9-19-12/h3-4,9-10,13H,2,5-8H2,1H3/b11-10-/t13-,16-/m0/s1. The molecule has 2 aliphatic rings. The summed E-state index contributed by atoms with van der Waals surface area (Å²) in [5.74, 6) is 1.07. The van der Waals surface area contributed by atoms with Crippen molar-refractivity contribution in [3.8, 4) is 0 Å². The molecule has 19 heavy (non-hydrogen) atoms. The number of ketones is 2.